The topological polar surface area (TPSA) is 53.0 Å². The standard InChI is InChI=1S/C29H21N3O2S3/c1-20-14-16-21(17-15-20)19-25-28(34)31(22-9-4-2-5-10-22)29(36-25)32(23-11-6-3-7-12-23)30-27(37-29)26(33)24-13-8-18-35-24/h2-19H,1H3/b25-19+. The number of thioether (sulfide) groups is 2. The predicted octanol–water partition coefficient (Wildman–Crippen LogP) is 7.24. The highest BCUT2D eigenvalue weighted by molar-refractivity contribution is 8.29. The van der Waals surface area contributed by atoms with E-state index in [0.717, 1.165) is 22.5 Å². The number of amides is 1. The van der Waals surface area contributed by atoms with Crippen LogP contribution in [0.3, 0.4) is 0 Å². The third kappa shape index (κ3) is 4.31. The van der Waals surface area contributed by atoms with Crippen molar-refractivity contribution < 1.29 is 9.59 Å². The van der Waals surface area contributed by atoms with Gasteiger partial charge in [0.2, 0.25) is 10.1 Å². The first kappa shape index (κ1) is 23.8. The zero-order valence-corrected chi connectivity index (χ0v) is 22.2. The smallest absolute Gasteiger partial charge is 0.268 e. The fourth-order valence-electron chi connectivity index (χ4n) is 4.18. The van der Waals surface area contributed by atoms with Crippen molar-refractivity contribution in [1.82, 2.24) is 0 Å². The summed E-state index contributed by atoms with van der Waals surface area (Å²) < 4.78 is -1.04. The van der Waals surface area contributed by atoms with E-state index in [4.69, 9.17) is 5.10 Å². The molecule has 182 valence electrons. The molecule has 2 aliphatic heterocycles. The van der Waals surface area contributed by atoms with Gasteiger partial charge in [0.05, 0.1) is 15.5 Å². The minimum atomic E-state index is -1.04. The number of carbonyl (C=O) groups excluding carboxylic acids is 2. The summed E-state index contributed by atoms with van der Waals surface area (Å²) in [5.41, 5.74) is 3.63. The molecule has 3 aromatic carbocycles. The van der Waals surface area contributed by atoms with E-state index in [2.05, 4.69) is 0 Å². The van der Waals surface area contributed by atoms with Crippen LogP contribution in [0, 0.1) is 6.92 Å². The van der Waals surface area contributed by atoms with E-state index < -0.39 is 4.33 Å². The van der Waals surface area contributed by atoms with Crippen molar-refractivity contribution in [3.8, 4) is 0 Å². The Kier molecular flexibility index (Phi) is 6.24. The van der Waals surface area contributed by atoms with Crippen LogP contribution in [0.5, 0.6) is 0 Å². The average Bonchev–Trinajstić information content (AvgIpc) is 3.65. The van der Waals surface area contributed by atoms with Gasteiger partial charge in [0, 0.05) is 5.69 Å². The highest BCUT2D eigenvalue weighted by Crippen LogP contribution is 2.59. The predicted molar refractivity (Wildman–Crippen MR) is 156 cm³/mol. The number of rotatable bonds is 5. The Morgan fingerprint density at radius 2 is 1.51 bits per heavy atom. The van der Waals surface area contributed by atoms with E-state index in [1.807, 2.05) is 114 Å². The molecule has 1 unspecified atom stereocenters. The van der Waals surface area contributed by atoms with E-state index in [-0.39, 0.29) is 11.7 Å². The van der Waals surface area contributed by atoms with Crippen molar-refractivity contribution in [3.63, 3.8) is 0 Å². The Bertz CT molecular complexity index is 1520. The summed E-state index contributed by atoms with van der Waals surface area (Å²) in [7, 11) is 0. The first-order valence-electron chi connectivity index (χ1n) is 11.6. The van der Waals surface area contributed by atoms with Crippen LogP contribution in [0.25, 0.3) is 6.08 Å². The van der Waals surface area contributed by atoms with Crippen LogP contribution >= 0.6 is 34.9 Å². The molecule has 1 atom stereocenters. The van der Waals surface area contributed by atoms with Crippen LogP contribution in [0.4, 0.5) is 11.4 Å². The van der Waals surface area contributed by atoms with Crippen LogP contribution in [0.1, 0.15) is 20.8 Å². The number of ketones is 1. The van der Waals surface area contributed by atoms with E-state index in [9.17, 15) is 9.59 Å². The van der Waals surface area contributed by atoms with Gasteiger partial charge >= 0.3 is 0 Å². The van der Waals surface area contributed by atoms with Gasteiger partial charge in [-0.1, -0.05) is 84.1 Å². The van der Waals surface area contributed by atoms with Crippen LogP contribution in [-0.2, 0) is 4.79 Å². The second-order valence-corrected chi connectivity index (χ2v) is 12.1. The van der Waals surface area contributed by atoms with Crippen LogP contribution < -0.4 is 9.91 Å². The third-order valence-electron chi connectivity index (χ3n) is 5.96. The lowest BCUT2D eigenvalue weighted by Crippen LogP contribution is -2.51. The fourth-order valence-corrected chi connectivity index (χ4v) is 7.84. The zero-order valence-electron chi connectivity index (χ0n) is 19.8. The molecule has 1 aromatic heterocycles. The molecule has 1 fully saturated rings. The Balaban J connectivity index is 1.51. The van der Waals surface area contributed by atoms with Crippen molar-refractivity contribution in [2.45, 2.75) is 11.3 Å². The van der Waals surface area contributed by atoms with Crippen LogP contribution in [0.15, 0.2) is 112 Å². The first-order valence-corrected chi connectivity index (χ1v) is 14.1. The van der Waals surface area contributed by atoms with Gasteiger partial charge in [-0.05, 0) is 66.0 Å². The number of hydrazone groups is 1. The average molecular weight is 540 g/mol. The number of aryl methyl sites for hydroxylation is 1. The molecule has 37 heavy (non-hydrogen) atoms. The van der Waals surface area contributed by atoms with Gasteiger partial charge in [-0.25, -0.2) is 5.01 Å². The summed E-state index contributed by atoms with van der Waals surface area (Å²) in [4.78, 5) is 30.5. The largest absolute Gasteiger partial charge is 0.285 e. The maximum atomic E-state index is 14.1. The summed E-state index contributed by atoms with van der Waals surface area (Å²) in [6, 6.07) is 31.0. The Morgan fingerprint density at radius 3 is 2.16 bits per heavy atom. The van der Waals surface area contributed by atoms with E-state index >= 15 is 0 Å². The summed E-state index contributed by atoms with van der Waals surface area (Å²) in [5, 5.41) is 8.88. The Hall–Kier alpha value is -3.59. The summed E-state index contributed by atoms with van der Waals surface area (Å²) >= 11 is 4.11. The molecule has 4 aromatic rings. The zero-order chi connectivity index (χ0) is 25.4. The van der Waals surface area contributed by atoms with Gasteiger partial charge in [-0.2, -0.15) is 5.10 Å². The number of nitrogens with zero attached hydrogens (tertiary/aromatic N) is 3. The number of hydrogen-bond acceptors (Lipinski definition) is 7. The third-order valence-corrected chi connectivity index (χ3v) is 9.54. The highest BCUT2D eigenvalue weighted by atomic mass is 32.2. The molecular formula is C29H21N3O2S3. The van der Waals surface area contributed by atoms with Crippen LogP contribution in [-0.4, -0.2) is 21.1 Å². The first-order chi connectivity index (χ1) is 18.0. The number of anilines is 2. The molecule has 0 bridgehead atoms. The van der Waals surface area contributed by atoms with Crippen molar-refractivity contribution in [1.29, 1.82) is 0 Å². The van der Waals surface area contributed by atoms with Crippen molar-refractivity contribution in [2.24, 2.45) is 5.10 Å². The molecule has 1 saturated heterocycles. The normalized spacial score (nSPS) is 20.2. The van der Waals surface area contributed by atoms with Gasteiger partial charge in [0.1, 0.15) is 0 Å². The number of benzene rings is 3. The molecule has 0 N–H and O–H groups in total. The lowest BCUT2D eigenvalue weighted by atomic mass is 10.1. The van der Waals surface area contributed by atoms with Crippen molar-refractivity contribution in [3.05, 3.63) is 123 Å². The number of carbonyl (C=O) groups is 2. The van der Waals surface area contributed by atoms with Gasteiger partial charge in [-0.3, -0.25) is 14.5 Å². The maximum Gasteiger partial charge on any atom is 0.268 e. The maximum absolute atomic E-state index is 14.1. The Labute approximate surface area is 227 Å². The molecule has 3 heterocycles. The molecule has 1 spiro atoms. The molecule has 0 radical (unpaired) electrons. The number of para-hydroxylation sites is 2. The minimum Gasteiger partial charge on any atom is -0.285 e. The second-order valence-electron chi connectivity index (χ2n) is 8.51. The van der Waals surface area contributed by atoms with Gasteiger partial charge < -0.3 is 0 Å². The Morgan fingerprint density at radius 1 is 0.838 bits per heavy atom. The monoisotopic (exact) mass is 539 g/mol. The minimum absolute atomic E-state index is 0.134. The molecule has 2 aliphatic rings. The summed E-state index contributed by atoms with van der Waals surface area (Å²) in [5.74, 6) is -0.278. The molecule has 0 aliphatic carbocycles. The molecule has 8 heteroatoms. The lowest BCUT2D eigenvalue weighted by Gasteiger charge is -2.38. The number of Topliss-reactive ketones (excluding diaryl/α,β-unsaturated/α-hetero) is 1. The molecule has 1 amide bonds. The molecule has 6 rings (SSSR count). The van der Waals surface area contributed by atoms with Gasteiger partial charge in [-0.15, -0.1) is 11.3 Å². The van der Waals surface area contributed by atoms with Gasteiger partial charge in [0.15, 0.2) is 5.04 Å². The summed E-state index contributed by atoms with van der Waals surface area (Å²) in [6.45, 7) is 2.04. The molecule has 5 nitrogen and oxygen atoms in total. The van der Waals surface area contributed by atoms with E-state index in [0.29, 0.717) is 14.8 Å². The number of thiophene rings is 1. The number of hydrogen-bond donors (Lipinski definition) is 0. The fraction of sp³-hybridized carbons (Fsp3) is 0.0690. The van der Waals surface area contributed by atoms with Crippen molar-refractivity contribution in [2.75, 3.05) is 9.91 Å². The highest BCUT2D eigenvalue weighted by Gasteiger charge is 2.60. The van der Waals surface area contributed by atoms with E-state index in [1.165, 1.54) is 34.9 Å². The SMILES string of the molecule is Cc1ccc(/C=C2/SC3(SC(C(=O)c4cccs4)=NN3c3ccccc3)N(c3ccccc3)C2=O)cc1. The van der Waals surface area contributed by atoms with Gasteiger partial charge in [0.25, 0.3) is 5.91 Å². The van der Waals surface area contributed by atoms with E-state index in [1.54, 1.807) is 11.0 Å². The molecular weight excluding hydrogens is 519 g/mol. The quantitative estimate of drug-likeness (QED) is 0.198. The lowest BCUT2D eigenvalue weighted by molar-refractivity contribution is -0.114. The van der Waals surface area contributed by atoms with Crippen molar-refractivity contribution >= 4 is 69.0 Å². The second kappa shape index (κ2) is 9.70. The van der Waals surface area contributed by atoms with Crippen LogP contribution in [0.2, 0.25) is 0 Å². The summed E-state index contributed by atoms with van der Waals surface area (Å²) in [6.07, 6.45) is 1.92. The molecule has 0 saturated carbocycles.